The first kappa shape index (κ1) is 24.1. The number of benzene rings is 3. The summed E-state index contributed by atoms with van der Waals surface area (Å²) in [5, 5.41) is 2.91. The summed E-state index contributed by atoms with van der Waals surface area (Å²) in [7, 11) is 0. The molecule has 1 N–H and O–H groups in total. The number of hydrogen-bond acceptors (Lipinski definition) is 3. The van der Waals surface area contributed by atoms with Gasteiger partial charge in [-0.3, -0.25) is 9.59 Å². The van der Waals surface area contributed by atoms with Crippen molar-refractivity contribution in [2.75, 3.05) is 25.0 Å². The van der Waals surface area contributed by atoms with E-state index in [1.807, 2.05) is 35.2 Å². The Labute approximate surface area is 196 Å². The van der Waals surface area contributed by atoms with Crippen LogP contribution in [0.4, 0.5) is 5.69 Å². The van der Waals surface area contributed by atoms with Crippen LogP contribution >= 0.6 is 0 Å². The number of hydrogen-bond donors (Lipinski definition) is 1. The number of carbonyl (C=O) groups is 2. The zero-order valence-electron chi connectivity index (χ0n) is 19.4. The van der Waals surface area contributed by atoms with Crippen LogP contribution in [0, 0.1) is 0 Å². The van der Waals surface area contributed by atoms with E-state index in [1.165, 1.54) is 5.56 Å². The predicted molar refractivity (Wildman–Crippen MR) is 133 cm³/mol. The molecule has 2 amide bonds. The van der Waals surface area contributed by atoms with Crippen molar-refractivity contribution in [2.45, 2.75) is 33.1 Å². The van der Waals surface area contributed by atoms with Crippen LogP contribution in [0.1, 0.15) is 53.0 Å². The lowest BCUT2D eigenvalue weighted by atomic mass is 10.1. The molecule has 0 saturated carbocycles. The van der Waals surface area contributed by atoms with Crippen LogP contribution in [0.5, 0.6) is 5.75 Å². The molecule has 0 aliphatic rings. The van der Waals surface area contributed by atoms with E-state index >= 15 is 0 Å². The average Bonchev–Trinajstić information content (AvgIpc) is 2.85. The van der Waals surface area contributed by atoms with E-state index in [0.717, 1.165) is 32.4 Å². The van der Waals surface area contributed by atoms with Crippen LogP contribution in [-0.4, -0.2) is 36.4 Å². The molecule has 0 fully saturated rings. The second-order valence-electron chi connectivity index (χ2n) is 7.90. The molecule has 0 spiro atoms. The minimum absolute atomic E-state index is 0.0220. The van der Waals surface area contributed by atoms with Gasteiger partial charge in [0.05, 0.1) is 12.2 Å². The van der Waals surface area contributed by atoms with Gasteiger partial charge in [0.15, 0.2) is 0 Å². The Hall–Kier alpha value is -3.60. The van der Waals surface area contributed by atoms with Crippen LogP contribution in [0.15, 0.2) is 78.9 Å². The molecule has 0 bridgehead atoms. The van der Waals surface area contributed by atoms with Crippen LogP contribution in [0.25, 0.3) is 0 Å². The summed E-state index contributed by atoms with van der Waals surface area (Å²) in [6.07, 6.45) is 2.61. The van der Waals surface area contributed by atoms with E-state index in [4.69, 9.17) is 4.74 Å². The fourth-order valence-electron chi connectivity index (χ4n) is 3.64. The van der Waals surface area contributed by atoms with Gasteiger partial charge >= 0.3 is 0 Å². The van der Waals surface area contributed by atoms with Crippen molar-refractivity contribution >= 4 is 17.5 Å². The third kappa shape index (κ3) is 6.94. The number of amides is 2. The Morgan fingerprint density at radius 3 is 2.12 bits per heavy atom. The Balaban J connectivity index is 1.62. The molecule has 5 nitrogen and oxygen atoms in total. The van der Waals surface area contributed by atoms with Crippen LogP contribution in [0.2, 0.25) is 0 Å². The maximum Gasteiger partial charge on any atom is 0.259 e. The molecular formula is C28H32N2O3. The van der Waals surface area contributed by atoms with E-state index < -0.39 is 0 Å². The van der Waals surface area contributed by atoms with Crippen molar-refractivity contribution < 1.29 is 14.3 Å². The fourth-order valence-corrected chi connectivity index (χ4v) is 3.64. The lowest BCUT2D eigenvalue weighted by Gasteiger charge is -2.21. The molecule has 0 atom stereocenters. The summed E-state index contributed by atoms with van der Waals surface area (Å²) in [6.45, 7) is 6.10. The quantitative estimate of drug-likeness (QED) is 0.405. The third-order valence-corrected chi connectivity index (χ3v) is 5.29. The van der Waals surface area contributed by atoms with E-state index in [2.05, 4.69) is 31.3 Å². The molecule has 33 heavy (non-hydrogen) atoms. The Morgan fingerprint density at radius 2 is 1.45 bits per heavy atom. The lowest BCUT2D eigenvalue weighted by molar-refractivity contribution is 0.0755. The van der Waals surface area contributed by atoms with Crippen LogP contribution in [0.3, 0.4) is 0 Å². The molecule has 3 rings (SSSR count). The fraction of sp³-hybridized carbons (Fsp3) is 0.286. The number of nitrogens with zero attached hydrogens (tertiary/aromatic N) is 1. The van der Waals surface area contributed by atoms with Gasteiger partial charge in [-0.1, -0.05) is 56.3 Å². The molecule has 0 heterocycles. The number of ether oxygens (including phenoxy) is 1. The SMILES string of the molecule is CCCN(CCC)C(=O)c1ccc(NC(=O)c2ccccc2OCCc2ccccc2)cc1. The van der Waals surface area contributed by atoms with Crippen molar-refractivity contribution in [2.24, 2.45) is 0 Å². The highest BCUT2D eigenvalue weighted by Gasteiger charge is 2.15. The lowest BCUT2D eigenvalue weighted by Crippen LogP contribution is -2.32. The first-order valence-corrected chi connectivity index (χ1v) is 11.6. The highest BCUT2D eigenvalue weighted by atomic mass is 16.5. The van der Waals surface area contributed by atoms with Gasteiger partial charge in [-0.25, -0.2) is 0 Å². The van der Waals surface area contributed by atoms with Crippen molar-refractivity contribution in [1.29, 1.82) is 0 Å². The number of nitrogens with one attached hydrogen (secondary N) is 1. The van der Waals surface area contributed by atoms with Gasteiger partial charge in [0.25, 0.3) is 11.8 Å². The smallest absolute Gasteiger partial charge is 0.259 e. The Kier molecular flexibility index (Phi) is 9.07. The van der Waals surface area contributed by atoms with Gasteiger partial charge in [-0.2, -0.15) is 0 Å². The average molecular weight is 445 g/mol. The summed E-state index contributed by atoms with van der Waals surface area (Å²) >= 11 is 0. The predicted octanol–water partition coefficient (Wildman–Crippen LogP) is 5.82. The van der Waals surface area contributed by atoms with Crippen molar-refractivity contribution in [3.8, 4) is 5.75 Å². The van der Waals surface area contributed by atoms with Crippen molar-refractivity contribution in [3.05, 3.63) is 95.6 Å². The molecule has 0 saturated heterocycles. The molecule has 0 radical (unpaired) electrons. The zero-order valence-corrected chi connectivity index (χ0v) is 19.4. The summed E-state index contributed by atoms with van der Waals surface area (Å²) < 4.78 is 5.91. The van der Waals surface area contributed by atoms with Gasteiger partial charge in [0.2, 0.25) is 0 Å². The third-order valence-electron chi connectivity index (χ3n) is 5.29. The van der Waals surface area contributed by atoms with Crippen LogP contribution in [-0.2, 0) is 6.42 Å². The van der Waals surface area contributed by atoms with E-state index in [9.17, 15) is 9.59 Å². The van der Waals surface area contributed by atoms with Gasteiger partial charge < -0.3 is 15.0 Å². The van der Waals surface area contributed by atoms with Crippen LogP contribution < -0.4 is 10.1 Å². The number of anilines is 1. The normalized spacial score (nSPS) is 10.5. The molecule has 0 aliphatic carbocycles. The number of carbonyl (C=O) groups excluding carboxylic acids is 2. The Bertz CT molecular complexity index is 1030. The largest absolute Gasteiger partial charge is 0.492 e. The summed E-state index contributed by atoms with van der Waals surface area (Å²) in [6, 6.07) is 24.4. The first-order valence-electron chi connectivity index (χ1n) is 11.6. The Morgan fingerprint density at radius 1 is 0.818 bits per heavy atom. The van der Waals surface area contributed by atoms with E-state index in [-0.39, 0.29) is 11.8 Å². The molecule has 5 heteroatoms. The standard InChI is InChI=1S/C28H32N2O3/c1-3-19-30(20-4-2)28(32)23-14-16-24(17-15-23)29-27(31)25-12-8-9-13-26(25)33-21-18-22-10-6-5-7-11-22/h5-17H,3-4,18-21H2,1-2H3,(H,29,31). The second kappa shape index (κ2) is 12.4. The molecule has 0 unspecified atom stereocenters. The van der Waals surface area contributed by atoms with E-state index in [1.54, 1.807) is 36.4 Å². The van der Waals surface area contributed by atoms with E-state index in [0.29, 0.717) is 29.2 Å². The number of para-hydroxylation sites is 1. The minimum Gasteiger partial charge on any atom is -0.492 e. The monoisotopic (exact) mass is 444 g/mol. The molecule has 172 valence electrons. The molecule has 3 aromatic carbocycles. The minimum atomic E-state index is -0.247. The number of rotatable bonds is 11. The van der Waals surface area contributed by atoms with Crippen molar-refractivity contribution in [1.82, 2.24) is 4.90 Å². The summed E-state index contributed by atoms with van der Waals surface area (Å²) in [5.74, 6) is 0.323. The summed E-state index contributed by atoms with van der Waals surface area (Å²) in [4.78, 5) is 27.5. The highest BCUT2D eigenvalue weighted by Crippen LogP contribution is 2.21. The van der Waals surface area contributed by atoms with Crippen molar-refractivity contribution in [3.63, 3.8) is 0 Å². The molecule has 3 aromatic rings. The molecule has 0 aromatic heterocycles. The van der Waals surface area contributed by atoms with Gasteiger partial charge in [-0.15, -0.1) is 0 Å². The van der Waals surface area contributed by atoms with Gasteiger partial charge in [0.1, 0.15) is 5.75 Å². The second-order valence-corrected chi connectivity index (χ2v) is 7.90. The maximum atomic E-state index is 12.9. The topological polar surface area (TPSA) is 58.6 Å². The summed E-state index contributed by atoms with van der Waals surface area (Å²) in [5.41, 5.74) is 2.92. The molecule has 0 aliphatic heterocycles. The van der Waals surface area contributed by atoms with Gasteiger partial charge in [-0.05, 0) is 54.8 Å². The van der Waals surface area contributed by atoms with Gasteiger partial charge in [0, 0.05) is 30.8 Å². The molecular weight excluding hydrogens is 412 g/mol. The highest BCUT2D eigenvalue weighted by molar-refractivity contribution is 6.06. The zero-order chi connectivity index (χ0) is 23.5. The maximum absolute atomic E-state index is 12.9. The first-order chi connectivity index (χ1) is 16.1.